The number of hydrogen-bond acceptors (Lipinski definition) is 3. The summed E-state index contributed by atoms with van der Waals surface area (Å²) in [5.74, 6) is 1.06. The predicted octanol–water partition coefficient (Wildman–Crippen LogP) is 3.18. The van der Waals surface area contributed by atoms with Crippen LogP contribution in [0, 0.1) is 0 Å². The summed E-state index contributed by atoms with van der Waals surface area (Å²) in [5.41, 5.74) is 2.10. The van der Waals surface area contributed by atoms with Gasteiger partial charge in [0.25, 0.3) is 0 Å². The number of carbonyl (C=O) groups excluding carboxylic acids is 1. The molecule has 2 rings (SSSR count). The van der Waals surface area contributed by atoms with Crippen molar-refractivity contribution in [3.8, 4) is 0 Å². The van der Waals surface area contributed by atoms with Crippen LogP contribution in [-0.4, -0.2) is 57.0 Å². The van der Waals surface area contributed by atoms with E-state index < -0.39 is 0 Å². The lowest BCUT2D eigenvalue weighted by atomic mass is 9.91. The second-order valence-electron chi connectivity index (χ2n) is 7.75. The Morgan fingerprint density at radius 2 is 1.89 bits per heavy atom. The summed E-state index contributed by atoms with van der Waals surface area (Å²) in [6.45, 7) is 5.63. The number of benzene rings is 1. The molecule has 156 valence electrons. The standard InChI is InChI=1S/C22H37N5O/c1-4-23-22(24-14-10-6-5-7-11-15-27(2)3)25-17-18-16-21(28)26-20-13-9-8-12-19(18)20/h8-9,12-13,18H,4-7,10-11,14-17H2,1-3H3,(H,26,28)(H2,23,24,25). The van der Waals surface area contributed by atoms with Gasteiger partial charge in [0.2, 0.25) is 5.91 Å². The van der Waals surface area contributed by atoms with Crippen LogP contribution in [0.3, 0.4) is 0 Å². The number of rotatable bonds is 11. The average molecular weight is 388 g/mol. The van der Waals surface area contributed by atoms with Crippen LogP contribution in [0.15, 0.2) is 29.3 Å². The summed E-state index contributed by atoms with van der Waals surface area (Å²) in [5, 5.41) is 9.70. The SMILES string of the molecule is CCNC(=NCC1CC(=O)Nc2ccccc21)NCCCCCCCN(C)C. The fraction of sp³-hybridized carbons (Fsp3) is 0.636. The maximum absolute atomic E-state index is 12.0. The molecular weight excluding hydrogens is 350 g/mol. The second-order valence-corrected chi connectivity index (χ2v) is 7.75. The fourth-order valence-electron chi connectivity index (χ4n) is 3.50. The zero-order valence-corrected chi connectivity index (χ0v) is 17.8. The highest BCUT2D eigenvalue weighted by molar-refractivity contribution is 5.94. The molecule has 6 nitrogen and oxygen atoms in total. The van der Waals surface area contributed by atoms with Gasteiger partial charge in [0.05, 0.1) is 6.54 Å². The van der Waals surface area contributed by atoms with Crippen molar-refractivity contribution in [1.82, 2.24) is 15.5 Å². The van der Waals surface area contributed by atoms with E-state index in [9.17, 15) is 4.79 Å². The molecule has 3 N–H and O–H groups in total. The molecule has 0 bridgehead atoms. The van der Waals surface area contributed by atoms with Crippen molar-refractivity contribution in [1.29, 1.82) is 0 Å². The summed E-state index contributed by atoms with van der Waals surface area (Å²) in [7, 11) is 4.26. The Labute approximate surface area is 170 Å². The third-order valence-corrected chi connectivity index (χ3v) is 5.00. The zero-order chi connectivity index (χ0) is 20.2. The van der Waals surface area contributed by atoms with Crippen molar-refractivity contribution >= 4 is 17.6 Å². The van der Waals surface area contributed by atoms with Crippen molar-refractivity contribution in [2.45, 2.75) is 51.4 Å². The van der Waals surface area contributed by atoms with Crippen LogP contribution in [0.4, 0.5) is 5.69 Å². The molecule has 0 spiro atoms. The topological polar surface area (TPSA) is 68.8 Å². The van der Waals surface area contributed by atoms with Crippen LogP contribution >= 0.6 is 0 Å². The summed E-state index contributed by atoms with van der Waals surface area (Å²) >= 11 is 0. The van der Waals surface area contributed by atoms with Crippen LogP contribution in [0.1, 0.15) is 56.9 Å². The molecule has 1 heterocycles. The van der Waals surface area contributed by atoms with Gasteiger partial charge < -0.3 is 20.9 Å². The number of amides is 1. The van der Waals surface area contributed by atoms with Crippen LogP contribution in [0.25, 0.3) is 0 Å². The maximum atomic E-state index is 12.0. The molecule has 1 aliphatic rings. The highest BCUT2D eigenvalue weighted by Gasteiger charge is 2.24. The first kappa shape index (κ1) is 22.2. The highest BCUT2D eigenvalue weighted by Crippen LogP contribution is 2.31. The van der Waals surface area contributed by atoms with Crippen molar-refractivity contribution in [2.24, 2.45) is 4.99 Å². The van der Waals surface area contributed by atoms with Crippen molar-refractivity contribution in [2.75, 3.05) is 45.6 Å². The molecule has 1 aromatic rings. The minimum Gasteiger partial charge on any atom is -0.357 e. The molecule has 0 fully saturated rings. The Balaban J connectivity index is 1.75. The van der Waals surface area contributed by atoms with E-state index >= 15 is 0 Å². The largest absolute Gasteiger partial charge is 0.357 e. The van der Waals surface area contributed by atoms with E-state index in [4.69, 9.17) is 4.99 Å². The number of carbonyl (C=O) groups is 1. The number of fused-ring (bicyclic) bond motifs is 1. The van der Waals surface area contributed by atoms with Gasteiger partial charge in [0.1, 0.15) is 0 Å². The molecule has 1 amide bonds. The summed E-state index contributed by atoms with van der Waals surface area (Å²) in [4.78, 5) is 19.0. The fourth-order valence-corrected chi connectivity index (χ4v) is 3.50. The molecule has 6 heteroatoms. The lowest BCUT2D eigenvalue weighted by Crippen LogP contribution is -2.38. The van der Waals surface area contributed by atoms with E-state index in [1.165, 1.54) is 37.8 Å². The van der Waals surface area contributed by atoms with Crippen molar-refractivity contribution in [3.05, 3.63) is 29.8 Å². The predicted molar refractivity (Wildman–Crippen MR) is 118 cm³/mol. The Morgan fingerprint density at radius 1 is 1.14 bits per heavy atom. The first-order valence-electron chi connectivity index (χ1n) is 10.7. The molecule has 1 atom stereocenters. The lowest BCUT2D eigenvalue weighted by molar-refractivity contribution is -0.116. The normalized spacial score (nSPS) is 16.6. The monoisotopic (exact) mass is 387 g/mol. The Bertz CT molecular complexity index is 629. The van der Waals surface area contributed by atoms with Gasteiger partial charge in [-0.1, -0.05) is 37.5 Å². The molecule has 0 saturated heterocycles. The van der Waals surface area contributed by atoms with Gasteiger partial charge in [-0.2, -0.15) is 0 Å². The number of nitrogens with zero attached hydrogens (tertiary/aromatic N) is 2. The number of nitrogens with one attached hydrogen (secondary N) is 3. The molecule has 0 aromatic heterocycles. The Kier molecular flexibility index (Phi) is 9.83. The number of anilines is 1. The molecule has 1 aromatic carbocycles. The third kappa shape index (κ3) is 7.89. The van der Waals surface area contributed by atoms with E-state index in [1.807, 2.05) is 18.2 Å². The summed E-state index contributed by atoms with van der Waals surface area (Å²) in [6, 6.07) is 8.03. The number of hydrogen-bond donors (Lipinski definition) is 3. The van der Waals surface area contributed by atoms with Crippen LogP contribution in [-0.2, 0) is 4.79 Å². The smallest absolute Gasteiger partial charge is 0.225 e. The van der Waals surface area contributed by atoms with Crippen LogP contribution in [0.5, 0.6) is 0 Å². The van der Waals surface area contributed by atoms with E-state index in [1.54, 1.807) is 0 Å². The number of para-hydroxylation sites is 1. The van der Waals surface area contributed by atoms with Crippen molar-refractivity contribution < 1.29 is 4.79 Å². The lowest BCUT2D eigenvalue weighted by Gasteiger charge is -2.24. The van der Waals surface area contributed by atoms with E-state index in [0.717, 1.165) is 31.2 Å². The second kappa shape index (κ2) is 12.4. The molecule has 0 saturated carbocycles. The third-order valence-electron chi connectivity index (χ3n) is 5.00. The molecule has 0 aliphatic carbocycles. The van der Waals surface area contributed by atoms with E-state index in [-0.39, 0.29) is 11.8 Å². The van der Waals surface area contributed by atoms with Gasteiger partial charge in [-0.3, -0.25) is 9.79 Å². The van der Waals surface area contributed by atoms with Crippen molar-refractivity contribution in [3.63, 3.8) is 0 Å². The summed E-state index contributed by atoms with van der Waals surface area (Å²) in [6.07, 6.45) is 6.76. The Morgan fingerprint density at radius 3 is 2.68 bits per heavy atom. The van der Waals surface area contributed by atoms with Gasteiger partial charge in [0.15, 0.2) is 5.96 Å². The molecule has 1 aliphatic heterocycles. The Hall–Kier alpha value is -2.08. The van der Waals surface area contributed by atoms with E-state index in [0.29, 0.717) is 13.0 Å². The average Bonchev–Trinajstić information content (AvgIpc) is 2.67. The van der Waals surface area contributed by atoms with Crippen LogP contribution in [0.2, 0.25) is 0 Å². The number of guanidine groups is 1. The minimum absolute atomic E-state index is 0.0751. The molecule has 0 radical (unpaired) electrons. The quantitative estimate of drug-likeness (QED) is 0.310. The zero-order valence-electron chi connectivity index (χ0n) is 17.8. The number of unbranched alkanes of at least 4 members (excludes halogenated alkanes) is 4. The first-order chi connectivity index (χ1) is 13.6. The van der Waals surface area contributed by atoms with Gasteiger partial charge in [-0.15, -0.1) is 0 Å². The molecular formula is C22H37N5O. The van der Waals surface area contributed by atoms with Gasteiger partial charge in [-0.05, 0) is 52.0 Å². The summed E-state index contributed by atoms with van der Waals surface area (Å²) < 4.78 is 0. The maximum Gasteiger partial charge on any atom is 0.225 e. The molecule has 28 heavy (non-hydrogen) atoms. The van der Waals surface area contributed by atoms with Gasteiger partial charge in [0, 0.05) is 31.1 Å². The minimum atomic E-state index is 0.0751. The molecule has 1 unspecified atom stereocenters. The van der Waals surface area contributed by atoms with Gasteiger partial charge in [-0.25, -0.2) is 0 Å². The number of aliphatic imine (C=N–C) groups is 1. The highest BCUT2D eigenvalue weighted by atomic mass is 16.1. The van der Waals surface area contributed by atoms with E-state index in [2.05, 4.69) is 47.9 Å². The first-order valence-corrected chi connectivity index (χ1v) is 10.7. The van der Waals surface area contributed by atoms with Gasteiger partial charge >= 0.3 is 0 Å². The van der Waals surface area contributed by atoms with Crippen LogP contribution < -0.4 is 16.0 Å².